The number of carbonyl (C=O) groups excluding carboxylic acids is 1. The third kappa shape index (κ3) is 4.41. The van der Waals surface area contributed by atoms with Crippen molar-refractivity contribution < 1.29 is 19.0 Å². The van der Waals surface area contributed by atoms with Crippen molar-refractivity contribution in [2.24, 2.45) is 0 Å². The lowest BCUT2D eigenvalue weighted by Crippen LogP contribution is -2.56. The molecule has 1 aromatic rings. The van der Waals surface area contributed by atoms with Gasteiger partial charge >= 0.3 is 6.09 Å². The molecule has 6 nitrogen and oxygen atoms in total. The Morgan fingerprint density at radius 2 is 2.09 bits per heavy atom. The molecule has 1 N–H and O–H groups in total. The van der Waals surface area contributed by atoms with Gasteiger partial charge in [0.25, 0.3) is 0 Å². The SMILES string of the molecule is C[C@H]1OC(C)(C)O[C@@H](c2nccs2)[C@@H]1NC(=O)OC(C)(C)C. The maximum atomic E-state index is 12.1. The Balaban J connectivity index is 2.17. The Morgan fingerprint density at radius 3 is 2.64 bits per heavy atom. The summed E-state index contributed by atoms with van der Waals surface area (Å²) in [5, 5.41) is 5.55. The van der Waals surface area contributed by atoms with Gasteiger partial charge in [0.05, 0.1) is 12.1 Å². The van der Waals surface area contributed by atoms with E-state index in [1.807, 2.05) is 46.9 Å². The number of ether oxygens (including phenoxy) is 3. The number of carbonyl (C=O) groups is 1. The van der Waals surface area contributed by atoms with Gasteiger partial charge in [-0.2, -0.15) is 0 Å². The van der Waals surface area contributed by atoms with Crippen molar-refractivity contribution >= 4 is 17.4 Å². The van der Waals surface area contributed by atoms with E-state index in [0.29, 0.717) is 0 Å². The number of hydrogen-bond acceptors (Lipinski definition) is 6. The standard InChI is InChI=1S/C15H24N2O4S/c1-9-10(17-13(18)21-14(2,3)4)11(12-16-7-8-22-12)20-15(5,6)19-9/h7-11H,1-6H3,(H,17,18)/t9-,10-,11-/m1/s1. The zero-order valence-corrected chi connectivity index (χ0v) is 14.7. The van der Waals surface area contributed by atoms with Gasteiger partial charge < -0.3 is 19.5 Å². The molecule has 0 saturated carbocycles. The molecule has 0 radical (unpaired) electrons. The Hall–Kier alpha value is -1.18. The van der Waals surface area contributed by atoms with Crippen molar-refractivity contribution in [3.8, 4) is 0 Å². The van der Waals surface area contributed by atoms with E-state index in [9.17, 15) is 4.79 Å². The second kappa shape index (κ2) is 6.14. The minimum Gasteiger partial charge on any atom is -0.444 e. The number of thiazole rings is 1. The monoisotopic (exact) mass is 328 g/mol. The van der Waals surface area contributed by atoms with E-state index in [1.54, 1.807) is 6.20 Å². The third-order valence-corrected chi connectivity index (χ3v) is 3.93. The summed E-state index contributed by atoms with van der Waals surface area (Å²) >= 11 is 1.49. The average Bonchev–Trinajstić information content (AvgIpc) is 2.82. The first kappa shape index (κ1) is 17.2. The smallest absolute Gasteiger partial charge is 0.408 e. The summed E-state index contributed by atoms with van der Waals surface area (Å²) in [7, 11) is 0. The summed E-state index contributed by atoms with van der Waals surface area (Å²) in [6, 6.07) is -0.367. The minimum absolute atomic E-state index is 0.231. The molecule has 1 amide bonds. The van der Waals surface area contributed by atoms with Crippen LogP contribution in [0.2, 0.25) is 0 Å². The third-order valence-electron chi connectivity index (χ3n) is 3.09. The second-order valence-corrected chi connectivity index (χ2v) is 7.73. The molecule has 7 heteroatoms. The first-order valence-corrected chi connectivity index (χ1v) is 8.20. The number of alkyl carbamates (subject to hydrolysis) is 1. The van der Waals surface area contributed by atoms with E-state index in [0.717, 1.165) is 5.01 Å². The molecular weight excluding hydrogens is 304 g/mol. The molecule has 1 fully saturated rings. The van der Waals surface area contributed by atoms with Gasteiger partial charge in [-0.1, -0.05) is 0 Å². The van der Waals surface area contributed by atoms with Crippen molar-refractivity contribution in [2.45, 2.75) is 71.2 Å². The van der Waals surface area contributed by atoms with Gasteiger partial charge in [0.15, 0.2) is 5.79 Å². The minimum atomic E-state index is -0.734. The van der Waals surface area contributed by atoms with E-state index < -0.39 is 17.5 Å². The molecule has 3 atom stereocenters. The van der Waals surface area contributed by atoms with Gasteiger partial charge in [-0.05, 0) is 41.5 Å². The van der Waals surface area contributed by atoms with Gasteiger partial charge in [0, 0.05) is 11.6 Å². The highest BCUT2D eigenvalue weighted by Crippen LogP contribution is 2.37. The first-order chi connectivity index (χ1) is 10.1. The maximum absolute atomic E-state index is 12.1. The predicted octanol–water partition coefficient (Wildman–Crippen LogP) is 3.25. The number of hydrogen-bond donors (Lipinski definition) is 1. The molecule has 0 aromatic carbocycles. The Morgan fingerprint density at radius 1 is 1.41 bits per heavy atom. The molecule has 1 saturated heterocycles. The number of nitrogens with one attached hydrogen (secondary N) is 1. The van der Waals surface area contributed by atoms with Gasteiger partial charge in [0.1, 0.15) is 16.7 Å². The molecule has 0 aliphatic carbocycles. The molecule has 1 aliphatic rings. The Kier molecular flexibility index (Phi) is 4.79. The summed E-state index contributed by atoms with van der Waals surface area (Å²) in [4.78, 5) is 16.4. The van der Waals surface area contributed by atoms with Gasteiger partial charge in [-0.3, -0.25) is 0 Å². The highest BCUT2D eigenvalue weighted by Gasteiger charge is 2.44. The Labute approximate surface area is 135 Å². The lowest BCUT2D eigenvalue weighted by atomic mass is 10.0. The van der Waals surface area contributed by atoms with Crippen molar-refractivity contribution in [3.63, 3.8) is 0 Å². The molecule has 0 bridgehead atoms. The van der Waals surface area contributed by atoms with Crippen molar-refractivity contribution in [3.05, 3.63) is 16.6 Å². The molecule has 2 rings (SSSR count). The summed E-state index contributed by atoms with van der Waals surface area (Å²) in [5.41, 5.74) is -0.556. The van der Waals surface area contributed by atoms with Crippen LogP contribution in [0.25, 0.3) is 0 Å². The topological polar surface area (TPSA) is 69.7 Å². The lowest BCUT2D eigenvalue weighted by Gasteiger charge is -2.44. The van der Waals surface area contributed by atoms with Crippen LogP contribution < -0.4 is 5.32 Å². The molecular formula is C15H24N2O4S. The van der Waals surface area contributed by atoms with Gasteiger partial charge in [-0.15, -0.1) is 11.3 Å². The van der Waals surface area contributed by atoms with Crippen LogP contribution in [0.15, 0.2) is 11.6 Å². The Bertz CT molecular complexity index is 510. The predicted molar refractivity (Wildman–Crippen MR) is 83.7 cm³/mol. The molecule has 124 valence electrons. The van der Waals surface area contributed by atoms with Crippen LogP contribution in [-0.2, 0) is 14.2 Å². The van der Waals surface area contributed by atoms with E-state index in [1.165, 1.54) is 11.3 Å². The second-order valence-electron chi connectivity index (χ2n) is 6.80. The highest BCUT2D eigenvalue weighted by atomic mass is 32.1. The van der Waals surface area contributed by atoms with Crippen LogP contribution in [0.4, 0.5) is 4.79 Å². The van der Waals surface area contributed by atoms with Gasteiger partial charge in [-0.25, -0.2) is 9.78 Å². The maximum Gasteiger partial charge on any atom is 0.408 e. The normalized spacial score (nSPS) is 28.2. The highest BCUT2D eigenvalue weighted by molar-refractivity contribution is 7.09. The first-order valence-electron chi connectivity index (χ1n) is 7.32. The fourth-order valence-electron chi connectivity index (χ4n) is 2.39. The number of amides is 1. The van der Waals surface area contributed by atoms with Gasteiger partial charge in [0.2, 0.25) is 0 Å². The molecule has 1 aliphatic heterocycles. The zero-order valence-electron chi connectivity index (χ0n) is 13.9. The number of rotatable bonds is 2. The lowest BCUT2D eigenvalue weighted by molar-refractivity contribution is -0.308. The summed E-state index contributed by atoms with van der Waals surface area (Å²) in [6.45, 7) is 11.1. The summed E-state index contributed by atoms with van der Waals surface area (Å²) in [5.74, 6) is -0.734. The molecule has 2 heterocycles. The van der Waals surface area contributed by atoms with E-state index >= 15 is 0 Å². The van der Waals surface area contributed by atoms with Crippen molar-refractivity contribution in [2.75, 3.05) is 0 Å². The van der Waals surface area contributed by atoms with Crippen LogP contribution in [0.1, 0.15) is 52.7 Å². The van der Waals surface area contributed by atoms with Crippen LogP contribution >= 0.6 is 11.3 Å². The van der Waals surface area contributed by atoms with Crippen LogP contribution in [0.3, 0.4) is 0 Å². The molecule has 22 heavy (non-hydrogen) atoms. The van der Waals surface area contributed by atoms with E-state index in [4.69, 9.17) is 14.2 Å². The summed E-state index contributed by atoms with van der Waals surface area (Å²) < 4.78 is 17.1. The zero-order chi connectivity index (χ0) is 16.5. The average molecular weight is 328 g/mol. The fraction of sp³-hybridized carbons (Fsp3) is 0.733. The van der Waals surface area contributed by atoms with E-state index in [-0.39, 0.29) is 18.2 Å². The summed E-state index contributed by atoms with van der Waals surface area (Å²) in [6.07, 6.45) is 0.635. The number of aromatic nitrogens is 1. The number of nitrogens with zero attached hydrogens (tertiary/aromatic N) is 1. The van der Waals surface area contributed by atoms with Crippen LogP contribution in [0, 0.1) is 0 Å². The van der Waals surface area contributed by atoms with Crippen LogP contribution in [0.5, 0.6) is 0 Å². The largest absolute Gasteiger partial charge is 0.444 e. The van der Waals surface area contributed by atoms with Crippen LogP contribution in [-0.4, -0.2) is 34.6 Å². The van der Waals surface area contributed by atoms with Crippen molar-refractivity contribution in [1.82, 2.24) is 10.3 Å². The molecule has 0 spiro atoms. The van der Waals surface area contributed by atoms with E-state index in [2.05, 4.69) is 10.3 Å². The quantitative estimate of drug-likeness (QED) is 0.902. The fourth-order valence-corrected chi connectivity index (χ4v) is 3.10. The molecule has 1 aromatic heterocycles. The molecule has 0 unspecified atom stereocenters. The van der Waals surface area contributed by atoms with Crippen molar-refractivity contribution in [1.29, 1.82) is 0 Å².